The molecule has 0 aliphatic heterocycles. The van der Waals surface area contributed by atoms with Gasteiger partial charge in [-0.25, -0.2) is 4.79 Å². The van der Waals surface area contributed by atoms with Crippen molar-refractivity contribution in [3.63, 3.8) is 0 Å². The molecule has 1 aromatic rings. The molecule has 0 heterocycles. The van der Waals surface area contributed by atoms with E-state index in [-0.39, 0.29) is 5.69 Å². The Labute approximate surface area is 86.1 Å². The smallest absolute Gasteiger partial charge is 0.330 e. The molecule has 0 spiro atoms. The molecule has 0 fully saturated rings. The lowest BCUT2D eigenvalue weighted by Gasteiger charge is -1.93. The molecule has 0 atom stereocenters. The molecule has 0 unspecified atom stereocenters. The molecule has 0 saturated heterocycles. The Balaban J connectivity index is 2.77. The molecule has 0 aliphatic rings. The molecule has 5 heteroatoms. The van der Waals surface area contributed by atoms with Crippen LogP contribution in [0.4, 0.5) is 5.69 Å². The summed E-state index contributed by atoms with van der Waals surface area (Å²) in [6.07, 6.45) is 2.77. The van der Waals surface area contributed by atoms with Crippen molar-refractivity contribution in [2.24, 2.45) is 0 Å². The minimum absolute atomic E-state index is 0.0187. The summed E-state index contributed by atoms with van der Waals surface area (Å²) in [6, 6.07) is 5.85. The maximum absolute atomic E-state index is 10.7. The highest BCUT2D eigenvalue weighted by Gasteiger charge is 2.02. The van der Waals surface area contributed by atoms with Gasteiger partial charge in [-0.15, -0.1) is 0 Å². The van der Waals surface area contributed by atoms with E-state index in [4.69, 9.17) is 0 Å². The second kappa shape index (κ2) is 4.90. The van der Waals surface area contributed by atoms with Crippen molar-refractivity contribution in [1.29, 1.82) is 0 Å². The van der Waals surface area contributed by atoms with Crippen LogP contribution in [0.5, 0.6) is 0 Å². The predicted molar refractivity (Wildman–Crippen MR) is 54.1 cm³/mol. The van der Waals surface area contributed by atoms with Crippen LogP contribution in [0.25, 0.3) is 6.08 Å². The van der Waals surface area contributed by atoms with Crippen molar-refractivity contribution in [2.45, 2.75) is 0 Å². The summed E-state index contributed by atoms with van der Waals surface area (Å²) >= 11 is 0. The van der Waals surface area contributed by atoms with Crippen molar-refractivity contribution in [1.82, 2.24) is 0 Å². The normalized spacial score (nSPS) is 10.2. The third-order valence-corrected chi connectivity index (χ3v) is 1.72. The summed E-state index contributed by atoms with van der Waals surface area (Å²) in [5, 5.41) is 10.3. The van der Waals surface area contributed by atoms with Crippen molar-refractivity contribution < 1.29 is 14.5 Å². The summed E-state index contributed by atoms with van der Waals surface area (Å²) in [7, 11) is 1.28. The van der Waals surface area contributed by atoms with Gasteiger partial charge in [0, 0.05) is 18.2 Å². The molecule has 0 amide bonds. The SMILES string of the molecule is COC(=O)/C=C\c1ccc([N+](=O)[O-])cc1. The minimum atomic E-state index is -0.478. The monoisotopic (exact) mass is 207 g/mol. The summed E-state index contributed by atoms with van der Waals surface area (Å²) in [5.41, 5.74) is 0.719. The minimum Gasteiger partial charge on any atom is -0.466 e. The molecule has 0 bridgehead atoms. The first-order valence-electron chi connectivity index (χ1n) is 4.14. The van der Waals surface area contributed by atoms with Crippen LogP contribution in [0.2, 0.25) is 0 Å². The number of benzene rings is 1. The summed E-state index contributed by atoms with van der Waals surface area (Å²) in [6.45, 7) is 0. The van der Waals surface area contributed by atoms with Gasteiger partial charge in [0.15, 0.2) is 0 Å². The average molecular weight is 207 g/mol. The fourth-order valence-corrected chi connectivity index (χ4v) is 0.939. The number of carbonyl (C=O) groups is 1. The van der Waals surface area contributed by atoms with Crippen molar-refractivity contribution in [2.75, 3.05) is 7.11 Å². The van der Waals surface area contributed by atoms with Crippen LogP contribution in [-0.2, 0) is 9.53 Å². The summed E-state index contributed by atoms with van der Waals surface area (Å²) in [4.78, 5) is 20.6. The lowest BCUT2D eigenvalue weighted by molar-refractivity contribution is -0.384. The van der Waals surface area contributed by atoms with Gasteiger partial charge in [-0.1, -0.05) is 0 Å². The number of rotatable bonds is 3. The third kappa shape index (κ3) is 3.22. The number of carbonyl (C=O) groups excluding carboxylic acids is 1. The molecule has 0 saturated carbocycles. The maximum atomic E-state index is 10.7. The fourth-order valence-electron chi connectivity index (χ4n) is 0.939. The van der Waals surface area contributed by atoms with Crippen LogP contribution in [0.3, 0.4) is 0 Å². The lowest BCUT2D eigenvalue weighted by Crippen LogP contribution is -1.93. The van der Waals surface area contributed by atoms with Gasteiger partial charge in [0.1, 0.15) is 0 Å². The number of nitro groups is 1. The number of methoxy groups -OCH3 is 1. The van der Waals surface area contributed by atoms with E-state index in [1.165, 1.54) is 31.4 Å². The number of nitrogens with zero attached hydrogens (tertiary/aromatic N) is 1. The molecule has 5 nitrogen and oxygen atoms in total. The second-order valence-electron chi connectivity index (χ2n) is 2.71. The van der Waals surface area contributed by atoms with Crippen molar-refractivity contribution >= 4 is 17.7 Å². The molecule has 0 radical (unpaired) electrons. The lowest BCUT2D eigenvalue weighted by atomic mass is 10.2. The van der Waals surface area contributed by atoms with Gasteiger partial charge in [-0.2, -0.15) is 0 Å². The highest BCUT2D eigenvalue weighted by molar-refractivity contribution is 5.86. The standard InChI is InChI=1S/C10H9NO4/c1-15-10(12)7-4-8-2-5-9(6-3-8)11(13)14/h2-7H,1H3/b7-4-. The molecular weight excluding hydrogens is 198 g/mol. The first-order chi connectivity index (χ1) is 7.13. The summed E-state index contributed by atoms with van der Waals surface area (Å²) < 4.78 is 4.40. The van der Waals surface area contributed by atoms with Gasteiger partial charge in [0.2, 0.25) is 0 Å². The average Bonchev–Trinajstić information content (AvgIpc) is 2.26. The zero-order chi connectivity index (χ0) is 11.3. The number of esters is 1. The summed E-state index contributed by atoms with van der Waals surface area (Å²) in [5.74, 6) is -0.464. The van der Waals surface area contributed by atoms with E-state index in [9.17, 15) is 14.9 Å². The topological polar surface area (TPSA) is 69.4 Å². The zero-order valence-corrected chi connectivity index (χ0v) is 8.04. The van der Waals surface area contributed by atoms with E-state index in [2.05, 4.69) is 4.74 Å². The predicted octanol–water partition coefficient (Wildman–Crippen LogP) is 1.78. The number of non-ortho nitro benzene ring substituents is 1. The number of hydrogen-bond acceptors (Lipinski definition) is 4. The van der Waals surface area contributed by atoms with Crippen LogP contribution in [0, 0.1) is 10.1 Å². The number of nitro benzene ring substituents is 1. The Kier molecular flexibility index (Phi) is 3.56. The third-order valence-electron chi connectivity index (χ3n) is 1.72. The Morgan fingerprint density at radius 2 is 2.00 bits per heavy atom. The van der Waals surface area contributed by atoms with E-state index < -0.39 is 10.9 Å². The van der Waals surface area contributed by atoms with Crippen LogP contribution >= 0.6 is 0 Å². The molecule has 1 rings (SSSR count). The molecule has 0 aromatic heterocycles. The maximum Gasteiger partial charge on any atom is 0.330 e. The highest BCUT2D eigenvalue weighted by atomic mass is 16.6. The Bertz CT molecular complexity index is 394. The Morgan fingerprint density at radius 3 is 2.47 bits per heavy atom. The van der Waals surface area contributed by atoms with Gasteiger partial charge < -0.3 is 4.74 Å². The van der Waals surface area contributed by atoms with Crippen LogP contribution in [-0.4, -0.2) is 18.0 Å². The molecule has 1 aromatic carbocycles. The van der Waals surface area contributed by atoms with Crippen LogP contribution in [0.1, 0.15) is 5.56 Å². The largest absolute Gasteiger partial charge is 0.466 e. The van der Waals surface area contributed by atoms with Gasteiger partial charge in [-0.05, 0) is 23.8 Å². The van der Waals surface area contributed by atoms with E-state index >= 15 is 0 Å². The Morgan fingerprint density at radius 1 is 1.40 bits per heavy atom. The molecular formula is C10H9NO4. The van der Waals surface area contributed by atoms with E-state index in [1.807, 2.05) is 0 Å². The molecule has 15 heavy (non-hydrogen) atoms. The van der Waals surface area contributed by atoms with Gasteiger partial charge in [-0.3, -0.25) is 10.1 Å². The van der Waals surface area contributed by atoms with Crippen LogP contribution in [0.15, 0.2) is 30.3 Å². The number of hydrogen-bond donors (Lipinski definition) is 0. The van der Waals surface area contributed by atoms with Gasteiger partial charge in [0.05, 0.1) is 12.0 Å². The van der Waals surface area contributed by atoms with E-state index in [1.54, 1.807) is 12.1 Å². The first-order valence-corrected chi connectivity index (χ1v) is 4.14. The quantitative estimate of drug-likeness (QED) is 0.328. The van der Waals surface area contributed by atoms with E-state index in [0.717, 1.165) is 0 Å². The fraction of sp³-hybridized carbons (Fsp3) is 0.100. The second-order valence-corrected chi connectivity index (χ2v) is 2.71. The zero-order valence-electron chi connectivity index (χ0n) is 8.04. The van der Waals surface area contributed by atoms with Crippen molar-refractivity contribution in [3.8, 4) is 0 Å². The molecule has 78 valence electrons. The molecule has 0 aliphatic carbocycles. The number of ether oxygens (including phenoxy) is 1. The Hall–Kier alpha value is -2.17. The van der Waals surface area contributed by atoms with Gasteiger partial charge >= 0.3 is 5.97 Å². The molecule has 0 N–H and O–H groups in total. The van der Waals surface area contributed by atoms with Gasteiger partial charge in [0.25, 0.3) is 5.69 Å². The van der Waals surface area contributed by atoms with Crippen molar-refractivity contribution in [3.05, 3.63) is 46.0 Å². The van der Waals surface area contributed by atoms with Crippen LogP contribution < -0.4 is 0 Å². The highest BCUT2D eigenvalue weighted by Crippen LogP contribution is 2.12. The first kappa shape index (κ1) is 10.9. The van der Waals surface area contributed by atoms with E-state index in [0.29, 0.717) is 5.56 Å².